The number of ether oxygens (including phenoxy) is 2. The number of rotatable bonds is 6. The minimum Gasteiger partial charge on any atom is -0.462 e. The molecule has 0 saturated carbocycles. The van der Waals surface area contributed by atoms with Gasteiger partial charge in [0.1, 0.15) is 0 Å². The lowest BCUT2D eigenvalue weighted by Crippen LogP contribution is -2.37. The van der Waals surface area contributed by atoms with E-state index in [9.17, 15) is 4.79 Å². The summed E-state index contributed by atoms with van der Waals surface area (Å²) in [6.07, 6.45) is 0. The number of hydrogen-bond acceptors (Lipinski definition) is 5. The van der Waals surface area contributed by atoms with Crippen molar-refractivity contribution in [3.63, 3.8) is 0 Å². The van der Waals surface area contributed by atoms with Gasteiger partial charge in [0.05, 0.1) is 31.1 Å². The van der Waals surface area contributed by atoms with Gasteiger partial charge in [-0.2, -0.15) is 0 Å². The molecule has 1 aliphatic heterocycles. The van der Waals surface area contributed by atoms with Gasteiger partial charge < -0.3 is 19.7 Å². The lowest BCUT2D eigenvalue weighted by atomic mass is 10.1. The second-order valence-electron chi connectivity index (χ2n) is 6.11. The van der Waals surface area contributed by atoms with E-state index < -0.39 is 0 Å². The largest absolute Gasteiger partial charge is 0.462 e. The van der Waals surface area contributed by atoms with Crippen LogP contribution in [-0.2, 0) is 16.0 Å². The summed E-state index contributed by atoms with van der Waals surface area (Å²) in [5, 5.41) is 4.49. The van der Waals surface area contributed by atoms with Crippen LogP contribution in [0.5, 0.6) is 0 Å². The minimum absolute atomic E-state index is 0.328. The Hall–Kier alpha value is -1.95. The Bertz CT molecular complexity index is 788. The maximum Gasteiger partial charge on any atom is 0.340 e. The third-order valence-electron chi connectivity index (χ3n) is 4.37. The monoisotopic (exact) mass is 408 g/mol. The molecule has 2 aromatic rings. The van der Waals surface area contributed by atoms with Gasteiger partial charge in [0, 0.05) is 40.9 Å². The number of carbonyl (C=O) groups is 1. The average Bonchev–Trinajstić information content (AvgIpc) is 2.68. The lowest BCUT2D eigenvalue weighted by molar-refractivity contribution is 0.0526. The Morgan fingerprint density at radius 1 is 1.19 bits per heavy atom. The quantitative estimate of drug-likeness (QED) is 0.706. The van der Waals surface area contributed by atoms with Crippen LogP contribution in [0.1, 0.15) is 22.8 Å². The smallest absolute Gasteiger partial charge is 0.340 e. The summed E-state index contributed by atoms with van der Waals surface area (Å²) in [5.74, 6) is -0.335. The van der Waals surface area contributed by atoms with Crippen LogP contribution in [0.3, 0.4) is 0 Å². The van der Waals surface area contributed by atoms with Crippen molar-refractivity contribution in [2.75, 3.05) is 43.1 Å². The molecule has 2 aromatic carbocycles. The maximum absolute atomic E-state index is 12.5. The predicted octanol–water partition coefficient (Wildman–Crippen LogP) is 4.62. The molecule has 5 nitrogen and oxygen atoms in total. The van der Waals surface area contributed by atoms with E-state index in [2.05, 4.69) is 10.2 Å². The summed E-state index contributed by atoms with van der Waals surface area (Å²) in [7, 11) is 0. The number of esters is 1. The minimum atomic E-state index is -0.335. The molecule has 1 saturated heterocycles. The second kappa shape index (κ2) is 9.31. The van der Waals surface area contributed by atoms with E-state index >= 15 is 0 Å². The number of benzene rings is 2. The maximum atomic E-state index is 12.5. The standard InChI is InChI=1S/C20H22Cl2N2O3/c1-2-27-20(25)15-12-14(6-7-19(15)24-8-10-26-11-9-24)23-13-16-17(21)4-3-5-18(16)22/h3-7,12,23H,2,8-11,13H2,1H3. The second-order valence-corrected chi connectivity index (χ2v) is 6.92. The molecule has 3 rings (SSSR count). The first-order valence-electron chi connectivity index (χ1n) is 8.90. The highest BCUT2D eigenvalue weighted by Gasteiger charge is 2.20. The van der Waals surface area contributed by atoms with Crippen molar-refractivity contribution in [2.24, 2.45) is 0 Å². The van der Waals surface area contributed by atoms with E-state index in [1.165, 1.54) is 0 Å². The zero-order valence-corrected chi connectivity index (χ0v) is 16.6. The van der Waals surface area contributed by atoms with Crippen LogP contribution in [0.25, 0.3) is 0 Å². The third-order valence-corrected chi connectivity index (χ3v) is 5.08. The van der Waals surface area contributed by atoms with Crippen molar-refractivity contribution < 1.29 is 14.3 Å². The summed E-state index contributed by atoms with van der Waals surface area (Å²) >= 11 is 12.5. The summed E-state index contributed by atoms with van der Waals surface area (Å²) in [6, 6.07) is 11.1. The zero-order chi connectivity index (χ0) is 19.2. The van der Waals surface area contributed by atoms with Gasteiger partial charge in [-0.1, -0.05) is 29.3 Å². The average molecular weight is 409 g/mol. The molecule has 0 bridgehead atoms. The van der Waals surface area contributed by atoms with Crippen molar-refractivity contribution in [2.45, 2.75) is 13.5 Å². The number of anilines is 2. The molecule has 7 heteroatoms. The van der Waals surface area contributed by atoms with Crippen molar-refractivity contribution in [3.05, 3.63) is 57.6 Å². The molecule has 0 unspecified atom stereocenters. The fourth-order valence-electron chi connectivity index (χ4n) is 2.99. The molecular weight excluding hydrogens is 387 g/mol. The molecule has 1 aliphatic rings. The van der Waals surface area contributed by atoms with E-state index in [4.69, 9.17) is 32.7 Å². The molecule has 0 aromatic heterocycles. The Labute approximate surface area is 169 Å². The normalized spacial score (nSPS) is 14.1. The van der Waals surface area contributed by atoms with Crippen molar-refractivity contribution in [1.29, 1.82) is 0 Å². The van der Waals surface area contributed by atoms with Crippen LogP contribution >= 0.6 is 23.2 Å². The van der Waals surface area contributed by atoms with E-state index in [1.54, 1.807) is 19.1 Å². The van der Waals surface area contributed by atoms with Crippen LogP contribution in [0.2, 0.25) is 10.0 Å². The predicted molar refractivity (Wildman–Crippen MR) is 109 cm³/mol. The number of morpholine rings is 1. The zero-order valence-electron chi connectivity index (χ0n) is 15.1. The van der Waals surface area contributed by atoms with Gasteiger partial charge in [-0.3, -0.25) is 0 Å². The Morgan fingerprint density at radius 3 is 2.56 bits per heavy atom. The van der Waals surface area contributed by atoms with Gasteiger partial charge in [0.25, 0.3) is 0 Å². The number of halogens is 2. The van der Waals surface area contributed by atoms with Crippen LogP contribution < -0.4 is 10.2 Å². The molecule has 1 fully saturated rings. The van der Waals surface area contributed by atoms with Gasteiger partial charge in [-0.05, 0) is 37.3 Å². The molecule has 0 amide bonds. The molecule has 144 valence electrons. The highest BCUT2D eigenvalue weighted by molar-refractivity contribution is 6.36. The first-order chi connectivity index (χ1) is 13.1. The number of nitrogens with one attached hydrogen (secondary N) is 1. The lowest BCUT2D eigenvalue weighted by Gasteiger charge is -2.30. The third kappa shape index (κ3) is 4.86. The van der Waals surface area contributed by atoms with Crippen LogP contribution in [0.4, 0.5) is 11.4 Å². The molecule has 27 heavy (non-hydrogen) atoms. The molecular formula is C20H22Cl2N2O3. The molecule has 1 heterocycles. The Morgan fingerprint density at radius 2 is 1.89 bits per heavy atom. The number of hydrogen-bond donors (Lipinski definition) is 1. The molecule has 1 N–H and O–H groups in total. The van der Waals surface area contributed by atoms with Crippen molar-refractivity contribution in [3.8, 4) is 0 Å². The summed E-state index contributed by atoms with van der Waals surface area (Å²) < 4.78 is 10.7. The molecule has 0 radical (unpaired) electrons. The number of carbonyl (C=O) groups excluding carboxylic acids is 1. The topological polar surface area (TPSA) is 50.8 Å². The van der Waals surface area contributed by atoms with Gasteiger partial charge in [0.2, 0.25) is 0 Å². The fraction of sp³-hybridized carbons (Fsp3) is 0.350. The molecule has 0 aliphatic carbocycles. The summed E-state index contributed by atoms with van der Waals surface area (Å²) in [4.78, 5) is 14.6. The van der Waals surface area contributed by atoms with Crippen molar-refractivity contribution in [1.82, 2.24) is 0 Å². The van der Waals surface area contributed by atoms with Gasteiger partial charge in [-0.15, -0.1) is 0 Å². The number of nitrogens with zero attached hydrogens (tertiary/aromatic N) is 1. The van der Waals surface area contributed by atoms with Gasteiger partial charge in [-0.25, -0.2) is 4.79 Å². The van der Waals surface area contributed by atoms with Crippen LogP contribution in [-0.4, -0.2) is 38.9 Å². The van der Waals surface area contributed by atoms with E-state index in [1.807, 2.05) is 24.3 Å². The fourth-order valence-corrected chi connectivity index (χ4v) is 3.52. The van der Waals surface area contributed by atoms with E-state index in [-0.39, 0.29) is 5.97 Å². The van der Waals surface area contributed by atoms with E-state index in [0.29, 0.717) is 42.0 Å². The summed E-state index contributed by atoms with van der Waals surface area (Å²) in [6.45, 7) is 5.36. The van der Waals surface area contributed by atoms with Crippen LogP contribution in [0.15, 0.2) is 36.4 Å². The van der Waals surface area contributed by atoms with E-state index in [0.717, 1.165) is 30.0 Å². The first-order valence-corrected chi connectivity index (χ1v) is 9.66. The van der Waals surface area contributed by atoms with Gasteiger partial charge in [0.15, 0.2) is 0 Å². The van der Waals surface area contributed by atoms with Gasteiger partial charge >= 0.3 is 5.97 Å². The SMILES string of the molecule is CCOC(=O)c1cc(NCc2c(Cl)cccc2Cl)ccc1N1CCOCC1. The first kappa shape index (κ1) is 19.8. The van der Waals surface area contributed by atoms with Crippen molar-refractivity contribution >= 4 is 40.5 Å². The molecule has 0 atom stereocenters. The van der Waals surface area contributed by atoms with Crippen LogP contribution in [0, 0.1) is 0 Å². The molecule has 0 spiro atoms. The highest BCUT2D eigenvalue weighted by Crippen LogP contribution is 2.28. The Balaban J connectivity index is 1.83. The Kier molecular flexibility index (Phi) is 6.83. The highest BCUT2D eigenvalue weighted by atomic mass is 35.5. The summed E-state index contributed by atoms with van der Waals surface area (Å²) in [5.41, 5.74) is 3.01.